The fourth-order valence-electron chi connectivity index (χ4n) is 2.03. The van der Waals surface area contributed by atoms with Crippen LogP contribution in [0.15, 0.2) is 46.9 Å². The quantitative estimate of drug-likeness (QED) is 0.365. The average Bonchev–Trinajstić information content (AvgIpc) is 2.64. The first kappa shape index (κ1) is 19.9. The Labute approximate surface area is 160 Å². The third kappa shape index (κ3) is 5.57. The van der Waals surface area contributed by atoms with Gasteiger partial charge in [0.05, 0.1) is 28.8 Å². The van der Waals surface area contributed by atoms with Crippen LogP contribution in [-0.4, -0.2) is 38.9 Å². The van der Waals surface area contributed by atoms with Gasteiger partial charge in [-0.3, -0.25) is 0 Å². The van der Waals surface area contributed by atoms with Gasteiger partial charge in [-0.2, -0.15) is 0 Å². The van der Waals surface area contributed by atoms with Gasteiger partial charge in [0.25, 0.3) is 0 Å². The summed E-state index contributed by atoms with van der Waals surface area (Å²) in [6.07, 6.45) is 0. The first-order valence-electron chi connectivity index (χ1n) is 7.95. The Balaban J connectivity index is 1.99. The van der Waals surface area contributed by atoms with Gasteiger partial charge in [-0.05, 0) is 65.3 Å². The van der Waals surface area contributed by atoms with E-state index in [9.17, 15) is 9.59 Å². The molecule has 0 saturated heterocycles. The van der Waals surface area contributed by atoms with Crippen LogP contribution < -0.4 is 9.47 Å². The highest BCUT2D eigenvalue weighted by atomic mass is 79.9. The summed E-state index contributed by atoms with van der Waals surface area (Å²) in [7, 11) is 1.53. The highest BCUT2D eigenvalue weighted by Gasteiger charge is 2.13. The molecule has 2 aromatic carbocycles. The van der Waals surface area contributed by atoms with Gasteiger partial charge >= 0.3 is 11.9 Å². The molecule has 7 heteroatoms. The van der Waals surface area contributed by atoms with Crippen molar-refractivity contribution in [2.45, 2.75) is 6.92 Å². The van der Waals surface area contributed by atoms with Crippen LogP contribution in [0.25, 0.3) is 0 Å². The predicted octanol–water partition coefficient (Wildman–Crippen LogP) is 3.87. The highest BCUT2D eigenvalue weighted by Crippen LogP contribution is 2.26. The Morgan fingerprint density at radius 1 is 0.962 bits per heavy atom. The van der Waals surface area contributed by atoms with E-state index < -0.39 is 11.9 Å². The van der Waals surface area contributed by atoms with Crippen molar-refractivity contribution in [3.05, 3.63) is 58.1 Å². The van der Waals surface area contributed by atoms with Gasteiger partial charge in [0.15, 0.2) is 0 Å². The fourth-order valence-corrected chi connectivity index (χ4v) is 2.52. The zero-order valence-electron chi connectivity index (χ0n) is 14.5. The molecular weight excluding hydrogens is 404 g/mol. The molecule has 2 rings (SSSR count). The van der Waals surface area contributed by atoms with Crippen LogP contribution in [0.2, 0.25) is 0 Å². The van der Waals surface area contributed by atoms with E-state index in [4.69, 9.17) is 18.9 Å². The van der Waals surface area contributed by atoms with Crippen molar-refractivity contribution < 1.29 is 28.5 Å². The van der Waals surface area contributed by atoms with Gasteiger partial charge in [-0.1, -0.05) is 0 Å². The SMILES string of the molecule is CCOc1ccc(C(=O)Oc2ccc(C(=O)OCCOC)cc2)cc1Br. The monoisotopic (exact) mass is 422 g/mol. The van der Waals surface area contributed by atoms with Gasteiger partial charge in [0.1, 0.15) is 18.1 Å². The standard InChI is InChI=1S/C19H19BrO6/c1-3-24-17-9-6-14(12-16(17)20)19(22)26-15-7-4-13(5-8-15)18(21)25-11-10-23-2/h4-9,12H,3,10-11H2,1-2H3. The number of carbonyl (C=O) groups excluding carboxylic acids is 2. The lowest BCUT2D eigenvalue weighted by molar-refractivity contribution is 0.0388. The molecular formula is C19H19BrO6. The minimum absolute atomic E-state index is 0.179. The number of rotatable bonds is 8. The Bertz CT molecular complexity index is 757. The van der Waals surface area contributed by atoms with Crippen molar-refractivity contribution in [1.29, 1.82) is 0 Å². The maximum atomic E-state index is 12.2. The fraction of sp³-hybridized carbons (Fsp3) is 0.263. The number of esters is 2. The van der Waals surface area contributed by atoms with Crippen LogP contribution in [0, 0.1) is 0 Å². The van der Waals surface area contributed by atoms with Crippen molar-refractivity contribution in [1.82, 2.24) is 0 Å². The maximum Gasteiger partial charge on any atom is 0.343 e. The Morgan fingerprint density at radius 3 is 2.27 bits per heavy atom. The zero-order valence-corrected chi connectivity index (χ0v) is 16.1. The van der Waals surface area contributed by atoms with E-state index in [0.717, 1.165) is 0 Å². The van der Waals surface area contributed by atoms with Crippen LogP contribution >= 0.6 is 15.9 Å². The Hall–Kier alpha value is -2.38. The molecule has 0 unspecified atom stereocenters. The van der Waals surface area contributed by atoms with E-state index in [1.165, 1.54) is 31.4 Å². The van der Waals surface area contributed by atoms with Crippen molar-refractivity contribution in [3.63, 3.8) is 0 Å². The summed E-state index contributed by atoms with van der Waals surface area (Å²) in [5, 5.41) is 0. The summed E-state index contributed by atoms with van der Waals surface area (Å²) in [5.41, 5.74) is 0.744. The molecule has 0 aliphatic carbocycles. The third-order valence-corrected chi connectivity index (χ3v) is 3.91. The first-order valence-corrected chi connectivity index (χ1v) is 8.75. The first-order chi connectivity index (χ1) is 12.5. The van der Waals surface area contributed by atoms with E-state index >= 15 is 0 Å². The van der Waals surface area contributed by atoms with Crippen molar-refractivity contribution in [3.8, 4) is 11.5 Å². The second-order valence-corrected chi connectivity index (χ2v) is 5.98. The zero-order chi connectivity index (χ0) is 18.9. The van der Waals surface area contributed by atoms with Crippen molar-refractivity contribution in [2.75, 3.05) is 26.9 Å². The summed E-state index contributed by atoms with van der Waals surface area (Å²) in [4.78, 5) is 24.0. The van der Waals surface area contributed by atoms with Crippen molar-refractivity contribution >= 4 is 27.9 Å². The molecule has 26 heavy (non-hydrogen) atoms. The summed E-state index contributed by atoms with van der Waals surface area (Å²) >= 11 is 3.36. The van der Waals surface area contributed by atoms with E-state index in [2.05, 4.69) is 15.9 Å². The number of carbonyl (C=O) groups is 2. The van der Waals surface area contributed by atoms with Gasteiger partial charge in [-0.15, -0.1) is 0 Å². The lowest BCUT2D eigenvalue weighted by Gasteiger charge is -2.09. The summed E-state index contributed by atoms with van der Waals surface area (Å²) in [5.74, 6) is 0.00776. The second kappa shape index (κ2) is 9.94. The molecule has 0 radical (unpaired) electrons. The number of halogens is 1. The minimum Gasteiger partial charge on any atom is -0.493 e. The molecule has 0 fully saturated rings. The molecule has 0 aliphatic rings. The molecule has 138 valence electrons. The van der Waals surface area contributed by atoms with E-state index in [-0.39, 0.29) is 6.61 Å². The molecule has 0 heterocycles. The predicted molar refractivity (Wildman–Crippen MR) is 98.9 cm³/mol. The Kier molecular flexibility index (Phi) is 7.62. The molecule has 0 aromatic heterocycles. The summed E-state index contributed by atoms with van der Waals surface area (Å²) in [6, 6.07) is 11.1. The molecule has 0 atom stereocenters. The normalized spacial score (nSPS) is 10.3. The maximum absolute atomic E-state index is 12.2. The smallest absolute Gasteiger partial charge is 0.343 e. The van der Waals surface area contributed by atoms with Crippen LogP contribution in [0.5, 0.6) is 11.5 Å². The second-order valence-electron chi connectivity index (χ2n) is 5.12. The number of ether oxygens (including phenoxy) is 4. The molecule has 2 aromatic rings. The van der Waals surface area contributed by atoms with Gasteiger partial charge in [-0.25, -0.2) is 9.59 Å². The molecule has 0 spiro atoms. The lowest BCUT2D eigenvalue weighted by atomic mass is 10.2. The number of hydrogen-bond donors (Lipinski definition) is 0. The molecule has 0 amide bonds. The highest BCUT2D eigenvalue weighted by molar-refractivity contribution is 9.10. The molecule has 0 aliphatic heterocycles. The van der Waals surface area contributed by atoms with Crippen LogP contribution in [-0.2, 0) is 9.47 Å². The summed E-state index contributed by atoms with van der Waals surface area (Å²) < 4.78 is 21.2. The molecule has 0 N–H and O–H groups in total. The van der Waals surface area contributed by atoms with E-state index in [1.807, 2.05) is 6.92 Å². The van der Waals surface area contributed by atoms with Crippen LogP contribution in [0.4, 0.5) is 0 Å². The van der Waals surface area contributed by atoms with E-state index in [1.54, 1.807) is 18.2 Å². The topological polar surface area (TPSA) is 71.1 Å². The molecule has 0 bridgehead atoms. The summed E-state index contributed by atoms with van der Waals surface area (Å²) in [6.45, 7) is 2.92. The minimum atomic E-state index is -0.510. The van der Waals surface area contributed by atoms with Gasteiger partial charge in [0.2, 0.25) is 0 Å². The molecule has 0 saturated carbocycles. The number of methoxy groups -OCH3 is 1. The lowest BCUT2D eigenvalue weighted by Crippen LogP contribution is -2.11. The van der Waals surface area contributed by atoms with Crippen molar-refractivity contribution in [2.24, 2.45) is 0 Å². The van der Waals surface area contributed by atoms with E-state index in [0.29, 0.717) is 40.3 Å². The van der Waals surface area contributed by atoms with Gasteiger partial charge < -0.3 is 18.9 Å². The largest absolute Gasteiger partial charge is 0.493 e. The van der Waals surface area contributed by atoms with Crippen LogP contribution in [0.3, 0.4) is 0 Å². The van der Waals surface area contributed by atoms with Gasteiger partial charge in [0, 0.05) is 7.11 Å². The number of benzene rings is 2. The number of hydrogen-bond acceptors (Lipinski definition) is 6. The average molecular weight is 423 g/mol. The third-order valence-electron chi connectivity index (χ3n) is 3.29. The Morgan fingerprint density at radius 2 is 1.65 bits per heavy atom. The molecule has 6 nitrogen and oxygen atoms in total. The van der Waals surface area contributed by atoms with Crippen LogP contribution in [0.1, 0.15) is 27.6 Å².